The Kier molecular flexibility index (Phi) is 5.34. The van der Waals surface area contributed by atoms with Gasteiger partial charge in [-0.1, -0.05) is 23.2 Å². The van der Waals surface area contributed by atoms with Crippen molar-refractivity contribution in [2.24, 2.45) is 15.7 Å². The molecule has 1 unspecified atom stereocenters. The summed E-state index contributed by atoms with van der Waals surface area (Å²) in [6.45, 7) is 0. The predicted octanol–water partition coefficient (Wildman–Crippen LogP) is 2.88. The zero-order chi connectivity index (χ0) is 19.6. The van der Waals surface area contributed by atoms with Crippen LogP contribution in [0.3, 0.4) is 0 Å². The summed E-state index contributed by atoms with van der Waals surface area (Å²) in [5.74, 6) is -0.160. The third-order valence-electron chi connectivity index (χ3n) is 3.97. The van der Waals surface area contributed by atoms with E-state index < -0.39 is 22.2 Å². The van der Waals surface area contributed by atoms with Gasteiger partial charge in [-0.2, -0.15) is 0 Å². The average molecular weight is 409 g/mol. The molecular formula is C18H15Cl2FN4O2. The van der Waals surface area contributed by atoms with E-state index >= 15 is 0 Å². The molecule has 27 heavy (non-hydrogen) atoms. The fraction of sp³-hybridized carbons (Fsp3) is 0.167. The van der Waals surface area contributed by atoms with E-state index in [4.69, 9.17) is 33.7 Å². The van der Waals surface area contributed by atoms with Gasteiger partial charge in [0, 0.05) is 11.1 Å². The van der Waals surface area contributed by atoms with Gasteiger partial charge in [-0.3, -0.25) is 4.79 Å². The number of nitrogens with one attached hydrogen (secondary N) is 1. The van der Waals surface area contributed by atoms with Gasteiger partial charge in [0.2, 0.25) is 5.66 Å². The molecule has 2 aromatic carbocycles. The van der Waals surface area contributed by atoms with Crippen LogP contribution >= 0.6 is 23.2 Å². The average Bonchev–Trinajstić information content (AvgIpc) is 3.00. The number of nitrogens with zero attached hydrogens (tertiary/aromatic N) is 2. The fourth-order valence-corrected chi connectivity index (χ4v) is 2.90. The van der Waals surface area contributed by atoms with Crippen molar-refractivity contribution in [3.05, 3.63) is 65.5 Å². The molecule has 0 aliphatic carbocycles. The first kappa shape index (κ1) is 19.1. The lowest BCUT2D eigenvalue weighted by atomic mass is 10.1. The van der Waals surface area contributed by atoms with Crippen LogP contribution in [-0.2, 0) is 0 Å². The summed E-state index contributed by atoms with van der Waals surface area (Å²) in [5.41, 5.74) is 5.23. The topological polar surface area (TPSA) is 89.1 Å². The molecule has 0 saturated carbocycles. The summed E-state index contributed by atoms with van der Waals surface area (Å²) < 4.78 is 18.2. The Labute approximate surface area is 164 Å². The summed E-state index contributed by atoms with van der Waals surface area (Å²) in [6, 6.07) is 11.9. The predicted molar refractivity (Wildman–Crippen MR) is 103 cm³/mol. The minimum absolute atomic E-state index is 0.0567. The Bertz CT molecular complexity index is 914. The maximum Gasteiger partial charge on any atom is 0.253 e. The maximum atomic E-state index is 13.1. The van der Waals surface area contributed by atoms with Crippen molar-refractivity contribution in [2.75, 3.05) is 7.11 Å². The van der Waals surface area contributed by atoms with Crippen molar-refractivity contribution in [3.63, 3.8) is 0 Å². The largest absolute Gasteiger partial charge is 0.497 e. The first-order valence-corrected chi connectivity index (χ1v) is 8.68. The first-order chi connectivity index (χ1) is 12.9. The van der Waals surface area contributed by atoms with Crippen LogP contribution in [-0.4, -0.2) is 35.2 Å². The molecule has 6 nitrogen and oxygen atoms in total. The van der Waals surface area contributed by atoms with Crippen molar-refractivity contribution in [1.82, 2.24) is 5.32 Å². The molecule has 0 radical (unpaired) electrons. The van der Waals surface area contributed by atoms with Gasteiger partial charge in [0.15, 0.2) is 16.5 Å². The lowest BCUT2D eigenvalue weighted by Gasteiger charge is -2.28. The summed E-state index contributed by atoms with van der Waals surface area (Å²) in [7, 11) is 1.56. The molecule has 140 valence electrons. The Morgan fingerprint density at radius 1 is 1.19 bits per heavy atom. The van der Waals surface area contributed by atoms with Crippen LogP contribution < -0.4 is 15.8 Å². The third kappa shape index (κ3) is 3.74. The van der Waals surface area contributed by atoms with Crippen LogP contribution in [0.2, 0.25) is 0 Å². The van der Waals surface area contributed by atoms with Crippen LogP contribution in [0.15, 0.2) is 58.5 Å². The number of aliphatic imine (C=N–C) groups is 2. The number of nitrogens with two attached hydrogens (primary N) is 1. The standard InChI is InChI=1S/C18H15Cl2FN4O2/c1-27-13-8-4-10(5-9-13)14-23-17(22)18(24-14,16(19)20)25-15(26)11-2-6-12(21)7-3-11/h2-9,16H,1H3,(H,25,26)(H2,22,23,24). The highest BCUT2D eigenvalue weighted by molar-refractivity contribution is 6.47. The van der Waals surface area contributed by atoms with E-state index in [2.05, 4.69) is 15.3 Å². The highest BCUT2D eigenvalue weighted by Gasteiger charge is 2.46. The fourth-order valence-electron chi connectivity index (χ4n) is 2.47. The van der Waals surface area contributed by atoms with Gasteiger partial charge >= 0.3 is 0 Å². The molecular weight excluding hydrogens is 394 g/mol. The number of carbonyl (C=O) groups excluding carboxylic acids is 1. The van der Waals surface area contributed by atoms with Crippen LogP contribution in [0.4, 0.5) is 4.39 Å². The normalized spacial score (nSPS) is 18.9. The van der Waals surface area contributed by atoms with E-state index in [1.54, 1.807) is 31.4 Å². The number of methoxy groups -OCH3 is 1. The molecule has 0 fully saturated rings. The first-order valence-electron chi connectivity index (χ1n) is 7.81. The van der Waals surface area contributed by atoms with E-state index in [9.17, 15) is 9.18 Å². The zero-order valence-corrected chi connectivity index (χ0v) is 15.6. The molecule has 2 aromatic rings. The number of alkyl halides is 2. The Morgan fingerprint density at radius 2 is 1.81 bits per heavy atom. The van der Waals surface area contributed by atoms with E-state index in [1.165, 1.54) is 24.3 Å². The molecule has 0 bridgehead atoms. The molecule has 1 aliphatic rings. The summed E-state index contributed by atoms with van der Waals surface area (Å²) in [4.78, 5) is 19.9. The minimum atomic E-state index is -1.64. The highest BCUT2D eigenvalue weighted by atomic mass is 35.5. The molecule has 0 aromatic heterocycles. The highest BCUT2D eigenvalue weighted by Crippen LogP contribution is 2.29. The maximum absolute atomic E-state index is 13.1. The van der Waals surface area contributed by atoms with Crippen molar-refractivity contribution in [2.45, 2.75) is 10.5 Å². The van der Waals surface area contributed by atoms with Crippen molar-refractivity contribution in [3.8, 4) is 5.75 Å². The number of ether oxygens (including phenoxy) is 1. The number of carbonyl (C=O) groups is 1. The van der Waals surface area contributed by atoms with E-state index in [0.717, 1.165) is 0 Å². The lowest BCUT2D eigenvalue weighted by Crippen LogP contribution is -2.59. The van der Waals surface area contributed by atoms with Crippen molar-refractivity contribution < 1.29 is 13.9 Å². The van der Waals surface area contributed by atoms with E-state index in [1.807, 2.05) is 0 Å². The van der Waals surface area contributed by atoms with Crippen LogP contribution in [0.5, 0.6) is 5.75 Å². The Hall–Kier alpha value is -2.64. The number of hydrogen-bond acceptors (Lipinski definition) is 5. The lowest BCUT2D eigenvalue weighted by molar-refractivity contribution is 0.0928. The SMILES string of the molecule is COc1ccc(C2=NC(NC(=O)c3ccc(F)cc3)(C(Cl)Cl)C(N)=N2)cc1. The molecule has 3 N–H and O–H groups in total. The molecule has 3 rings (SSSR count). The summed E-state index contributed by atoms with van der Waals surface area (Å²) >= 11 is 12.2. The molecule has 1 heterocycles. The van der Waals surface area contributed by atoms with Gasteiger partial charge in [0.05, 0.1) is 7.11 Å². The van der Waals surface area contributed by atoms with E-state index in [0.29, 0.717) is 11.3 Å². The molecule has 1 atom stereocenters. The quantitative estimate of drug-likeness (QED) is 0.745. The molecule has 1 aliphatic heterocycles. The number of amidine groups is 2. The molecule has 9 heteroatoms. The van der Waals surface area contributed by atoms with E-state index in [-0.39, 0.29) is 17.2 Å². The number of benzene rings is 2. The minimum Gasteiger partial charge on any atom is -0.497 e. The van der Waals surface area contributed by atoms with Gasteiger partial charge in [-0.15, -0.1) is 0 Å². The Morgan fingerprint density at radius 3 is 2.37 bits per heavy atom. The van der Waals surface area contributed by atoms with Crippen LogP contribution in [0.1, 0.15) is 15.9 Å². The van der Waals surface area contributed by atoms with Crippen molar-refractivity contribution in [1.29, 1.82) is 0 Å². The third-order valence-corrected chi connectivity index (χ3v) is 4.61. The van der Waals surface area contributed by atoms with Gasteiger partial charge in [-0.25, -0.2) is 14.4 Å². The second-order valence-corrected chi connectivity index (χ2v) is 6.79. The second kappa shape index (κ2) is 7.54. The second-order valence-electron chi connectivity index (χ2n) is 5.69. The summed E-state index contributed by atoms with van der Waals surface area (Å²) in [5, 5.41) is 2.61. The Balaban J connectivity index is 1.93. The number of amides is 1. The summed E-state index contributed by atoms with van der Waals surface area (Å²) in [6.07, 6.45) is 0. The molecule has 0 spiro atoms. The van der Waals surface area contributed by atoms with Crippen molar-refractivity contribution >= 4 is 40.8 Å². The van der Waals surface area contributed by atoms with Gasteiger partial charge in [0.25, 0.3) is 5.91 Å². The van der Waals surface area contributed by atoms with Crippen LogP contribution in [0.25, 0.3) is 0 Å². The molecule has 1 amide bonds. The number of halogens is 3. The smallest absolute Gasteiger partial charge is 0.253 e. The van der Waals surface area contributed by atoms with Gasteiger partial charge in [0.1, 0.15) is 11.6 Å². The molecule has 0 saturated heterocycles. The van der Waals surface area contributed by atoms with Gasteiger partial charge in [-0.05, 0) is 48.5 Å². The number of hydrogen-bond donors (Lipinski definition) is 2. The van der Waals surface area contributed by atoms with Crippen LogP contribution in [0, 0.1) is 5.82 Å². The van der Waals surface area contributed by atoms with Gasteiger partial charge < -0.3 is 15.8 Å². The number of rotatable bonds is 5. The zero-order valence-electron chi connectivity index (χ0n) is 14.1. The monoisotopic (exact) mass is 408 g/mol.